The second-order valence-corrected chi connectivity index (χ2v) is 10.7. The number of carbonyl (C=O) groups excluding carboxylic acids is 1. The molecule has 1 fully saturated rings. The Kier molecular flexibility index (Phi) is 7.86. The molecule has 0 spiro atoms. The molecule has 2 aromatic rings. The first-order valence-corrected chi connectivity index (χ1v) is 12.5. The van der Waals surface area contributed by atoms with Crippen molar-refractivity contribution in [3.63, 3.8) is 0 Å². The van der Waals surface area contributed by atoms with Crippen molar-refractivity contribution >= 4 is 44.8 Å². The lowest BCUT2D eigenvalue weighted by atomic mass is 10.0. The van der Waals surface area contributed by atoms with Gasteiger partial charge in [-0.2, -0.15) is 0 Å². The van der Waals surface area contributed by atoms with Crippen LogP contribution in [0.3, 0.4) is 0 Å². The van der Waals surface area contributed by atoms with E-state index in [9.17, 15) is 13.2 Å². The van der Waals surface area contributed by atoms with Crippen molar-refractivity contribution in [1.29, 1.82) is 0 Å². The van der Waals surface area contributed by atoms with Gasteiger partial charge in [0.2, 0.25) is 0 Å². The molecule has 6 nitrogen and oxygen atoms in total. The van der Waals surface area contributed by atoms with Crippen molar-refractivity contribution in [3.05, 3.63) is 58.1 Å². The zero-order chi connectivity index (χ0) is 22.6. The maximum absolute atomic E-state index is 12.7. The molecule has 1 aliphatic heterocycles. The van der Waals surface area contributed by atoms with Crippen LogP contribution in [0, 0.1) is 5.92 Å². The van der Waals surface area contributed by atoms with Gasteiger partial charge in [-0.05, 0) is 55.2 Å². The molecule has 0 saturated carbocycles. The standard InChI is InChI=1S/C22H27Cl2N3O3S/c1-15(2)14-27-10-8-18(9-11-27)25-22(28)16-4-3-5-19(12-16)26-31(29,30)21-13-17(23)6-7-20(21)24/h3-7,12-13,15,18,26H,8-11,14H2,1-2H3,(H,25,28). The van der Waals surface area contributed by atoms with E-state index in [2.05, 4.69) is 28.8 Å². The van der Waals surface area contributed by atoms with Crippen molar-refractivity contribution < 1.29 is 13.2 Å². The van der Waals surface area contributed by atoms with Gasteiger partial charge in [0.05, 0.1) is 5.02 Å². The van der Waals surface area contributed by atoms with Gasteiger partial charge < -0.3 is 10.2 Å². The van der Waals surface area contributed by atoms with Gasteiger partial charge in [-0.1, -0.05) is 43.1 Å². The number of nitrogens with zero attached hydrogens (tertiary/aromatic N) is 1. The van der Waals surface area contributed by atoms with Crippen molar-refractivity contribution in [2.75, 3.05) is 24.4 Å². The predicted octanol–water partition coefficient (Wildman–Crippen LogP) is 4.64. The zero-order valence-electron chi connectivity index (χ0n) is 17.6. The van der Waals surface area contributed by atoms with E-state index in [0.717, 1.165) is 32.5 Å². The van der Waals surface area contributed by atoms with E-state index >= 15 is 0 Å². The molecule has 31 heavy (non-hydrogen) atoms. The van der Waals surface area contributed by atoms with Crippen LogP contribution in [-0.4, -0.2) is 44.9 Å². The van der Waals surface area contributed by atoms with E-state index in [0.29, 0.717) is 11.5 Å². The van der Waals surface area contributed by atoms with Crippen molar-refractivity contribution in [1.82, 2.24) is 10.2 Å². The summed E-state index contributed by atoms with van der Waals surface area (Å²) in [6.07, 6.45) is 1.80. The van der Waals surface area contributed by atoms with Crippen LogP contribution in [0.1, 0.15) is 37.0 Å². The summed E-state index contributed by atoms with van der Waals surface area (Å²) in [5.74, 6) is 0.406. The highest BCUT2D eigenvalue weighted by molar-refractivity contribution is 7.92. The number of halogens is 2. The Morgan fingerprint density at radius 1 is 1.13 bits per heavy atom. The number of likely N-dealkylation sites (tertiary alicyclic amines) is 1. The maximum atomic E-state index is 12.7. The fourth-order valence-corrected chi connectivity index (χ4v) is 5.48. The average molecular weight is 484 g/mol. The minimum absolute atomic E-state index is 0.0645. The third kappa shape index (κ3) is 6.59. The van der Waals surface area contributed by atoms with E-state index in [1.54, 1.807) is 18.2 Å². The molecule has 1 aliphatic rings. The Morgan fingerprint density at radius 3 is 2.52 bits per heavy atom. The lowest BCUT2D eigenvalue weighted by molar-refractivity contribution is 0.0907. The quantitative estimate of drug-likeness (QED) is 0.600. The summed E-state index contributed by atoms with van der Waals surface area (Å²) in [5, 5.41) is 3.39. The molecule has 1 heterocycles. The van der Waals surface area contributed by atoms with Crippen LogP contribution < -0.4 is 10.0 Å². The van der Waals surface area contributed by atoms with Gasteiger partial charge in [-0.15, -0.1) is 0 Å². The summed E-state index contributed by atoms with van der Waals surface area (Å²) < 4.78 is 27.9. The summed E-state index contributed by atoms with van der Waals surface area (Å²) in [6, 6.07) is 10.7. The number of benzene rings is 2. The van der Waals surface area contributed by atoms with Crippen LogP contribution in [0.2, 0.25) is 10.0 Å². The summed E-state index contributed by atoms with van der Waals surface area (Å²) >= 11 is 11.9. The molecule has 168 valence electrons. The van der Waals surface area contributed by atoms with Gasteiger partial charge in [0.15, 0.2) is 0 Å². The Labute approximate surface area is 194 Å². The first-order valence-electron chi connectivity index (χ1n) is 10.2. The molecule has 0 bridgehead atoms. The number of hydrogen-bond acceptors (Lipinski definition) is 4. The van der Waals surface area contributed by atoms with Crippen LogP contribution in [-0.2, 0) is 10.0 Å². The maximum Gasteiger partial charge on any atom is 0.263 e. The second-order valence-electron chi connectivity index (χ2n) is 8.20. The minimum atomic E-state index is -3.96. The van der Waals surface area contributed by atoms with Gasteiger partial charge >= 0.3 is 0 Å². The fourth-order valence-electron chi connectivity index (χ4n) is 3.66. The third-order valence-electron chi connectivity index (χ3n) is 5.11. The Hall–Kier alpha value is -1.80. The van der Waals surface area contributed by atoms with Gasteiger partial charge in [0.1, 0.15) is 4.90 Å². The van der Waals surface area contributed by atoms with Crippen LogP contribution >= 0.6 is 23.2 Å². The number of sulfonamides is 1. The second kappa shape index (κ2) is 10.2. The number of carbonyl (C=O) groups is 1. The van der Waals surface area contributed by atoms with Crippen LogP contribution in [0.25, 0.3) is 0 Å². The van der Waals surface area contributed by atoms with Gasteiger partial charge in [0, 0.05) is 41.9 Å². The van der Waals surface area contributed by atoms with Crippen LogP contribution in [0.5, 0.6) is 0 Å². The highest BCUT2D eigenvalue weighted by Crippen LogP contribution is 2.27. The van der Waals surface area contributed by atoms with Gasteiger partial charge in [-0.3, -0.25) is 9.52 Å². The lowest BCUT2D eigenvalue weighted by Crippen LogP contribution is -2.45. The molecular formula is C22H27Cl2N3O3S. The van der Waals surface area contributed by atoms with E-state index in [1.807, 2.05) is 0 Å². The number of rotatable bonds is 7. The predicted molar refractivity (Wildman–Crippen MR) is 125 cm³/mol. The Bertz CT molecular complexity index is 1040. The molecule has 3 rings (SSSR count). The number of nitrogens with one attached hydrogen (secondary N) is 2. The number of amides is 1. The number of piperidine rings is 1. The monoisotopic (exact) mass is 483 g/mol. The highest BCUT2D eigenvalue weighted by Gasteiger charge is 2.22. The van der Waals surface area contributed by atoms with E-state index in [1.165, 1.54) is 24.3 Å². The van der Waals surface area contributed by atoms with Gasteiger partial charge in [-0.25, -0.2) is 8.42 Å². The molecule has 0 unspecified atom stereocenters. The number of hydrogen-bond donors (Lipinski definition) is 2. The first-order chi connectivity index (χ1) is 14.6. The van der Waals surface area contributed by atoms with Crippen molar-refractivity contribution in [2.24, 2.45) is 5.92 Å². The van der Waals surface area contributed by atoms with E-state index in [4.69, 9.17) is 23.2 Å². The Morgan fingerprint density at radius 2 is 1.84 bits per heavy atom. The molecule has 0 radical (unpaired) electrons. The molecule has 1 saturated heterocycles. The SMILES string of the molecule is CC(C)CN1CCC(NC(=O)c2cccc(NS(=O)(=O)c3cc(Cl)ccc3Cl)c2)CC1. The molecule has 9 heteroatoms. The molecule has 1 amide bonds. The molecular weight excluding hydrogens is 457 g/mol. The topological polar surface area (TPSA) is 78.5 Å². The third-order valence-corrected chi connectivity index (χ3v) is 7.20. The molecule has 0 aliphatic carbocycles. The van der Waals surface area contributed by atoms with Crippen molar-refractivity contribution in [3.8, 4) is 0 Å². The van der Waals surface area contributed by atoms with E-state index in [-0.39, 0.29) is 32.6 Å². The summed E-state index contributed by atoms with van der Waals surface area (Å²) in [5.41, 5.74) is 0.664. The minimum Gasteiger partial charge on any atom is -0.349 e. The lowest BCUT2D eigenvalue weighted by Gasteiger charge is -2.33. The molecule has 0 aromatic heterocycles. The molecule has 2 N–H and O–H groups in total. The highest BCUT2D eigenvalue weighted by atomic mass is 35.5. The summed E-state index contributed by atoms with van der Waals surface area (Å²) in [4.78, 5) is 15.0. The normalized spacial score (nSPS) is 15.8. The summed E-state index contributed by atoms with van der Waals surface area (Å²) in [6.45, 7) is 7.40. The average Bonchev–Trinajstić information content (AvgIpc) is 2.70. The summed E-state index contributed by atoms with van der Waals surface area (Å²) in [7, 11) is -3.96. The largest absolute Gasteiger partial charge is 0.349 e. The first kappa shape index (κ1) is 23.9. The number of anilines is 1. The molecule has 0 atom stereocenters. The van der Waals surface area contributed by atoms with Gasteiger partial charge in [0.25, 0.3) is 15.9 Å². The van der Waals surface area contributed by atoms with Crippen molar-refractivity contribution in [2.45, 2.75) is 37.6 Å². The van der Waals surface area contributed by atoms with E-state index < -0.39 is 10.0 Å². The Balaban J connectivity index is 1.65. The zero-order valence-corrected chi connectivity index (χ0v) is 19.9. The fraction of sp³-hybridized carbons (Fsp3) is 0.409. The smallest absolute Gasteiger partial charge is 0.263 e. The molecule has 2 aromatic carbocycles. The van der Waals surface area contributed by atoms with Crippen LogP contribution in [0.15, 0.2) is 47.4 Å². The van der Waals surface area contributed by atoms with Crippen LogP contribution in [0.4, 0.5) is 5.69 Å².